The zero-order valence-electron chi connectivity index (χ0n) is 19.1. The second-order valence-electron chi connectivity index (χ2n) is 7.84. The van der Waals surface area contributed by atoms with Gasteiger partial charge in [-0.3, -0.25) is 13.9 Å². The molecule has 0 aliphatic carbocycles. The number of nitrogens with zero attached hydrogens (tertiary/aromatic N) is 2. The lowest BCUT2D eigenvalue weighted by Crippen LogP contribution is -2.46. The fourth-order valence-electron chi connectivity index (χ4n) is 3.41. The minimum Gasteiger partial charge on any atom is -0.357 e. The number of nitrogens with one attached hydrogen (secondary N) is 1. The van der Waals surface area contributed by atoms with Crippen molar-refractivity contribution >= 4 is 50.7 Å². The molecule has 0 heterocycles. The first-order valence-electron chi connectivity index (χ1n) is 10.4. The van der Waals surface area contributed by atoms with E-state index in [1.807, 2.05) is 13.0 Å². The number of hydrogen-bond donors (Lipinski definition) is 1. The number of benzene rings is 2. The van der Waals surface area contributed by atoms with Gasteiger partial charge >= 0.3 is 0 Å². The highest BCUT2D eigenvalue weighted by Crippen LogP contribution is 2.24. The van der Waals surface area contributed by atoms with Crippen LogP contribution in [-0.4, -0.2) is 51.0 Å². The number of carbonyl (C=O) groups is 2. The largest absolute Gasteiger partial charge is 0.357 e. The zero-order valence-corrected chi connectivity index (χ0v) is 21.5. The molecule has 0 bridgehead atoms. The molecule has 0 aliphatic heterocycles. The molecule has 2 aromatic rings. The highest BCUT2D eigenvalue weighted by molar-refractivity contribution is 7.92. The summed E-state index contributed by atoms with van der Waals surface area (Å²) < 4.78 is 26.0. The van der Waals surface area contributed by atoms with E-state index >= 15 is 0 Å². The monoisotopic (exact) mass is 513 g/mol. The van der Waals surface area contributed by atoms with Gasteiger partial charge in [0.2, 0.25) is 21.8 Å². The van der Waals surface area contributed by atoms with Gasteiger partial charge in [0.15, 0.2) is 0 Å². The molecule has 2 aromatic carbocycles. The van der Waals surface area contributed by atoms with Crippen molar-refractivity contribution in [3.05, 3.63) is 63.6 Å². The maximum absolute atomic E-state index is 13.1. The number of sulfonamides is 1. The number of anilines is 1. The maximum atomic E-state index is 13.1. The second-order valence-corrected chi connectivity index (χ2v) is 10.6. The third-order valence-electron chi connectivity index (χ3n) is 5.19. The van der Waals surface area contributed by atoms with Crippen LogP contribution in [0.4, 0.5) is 5.69 Å². The van der Waals surface area contributed by atoms with Crippen LogP contribution in [-0.2, 0) is 26.2 Å². The van der Waals surface area contributed by atoms with Gasteiger partial charge in [0.1, 0.15) is 6.04 Å². The molecule has 0 saturated heterocycles. The van der Waals surface area contributed by atoms with Crippen LogP contribution in [0.1, 0.15) is 30.9 Å². The fourth-order valence-corrected chi connectivity index (χ4v) is 4.69. The Kier molecular flexibility index (Phi) is 9.57. The molecule has 7 nitrogen and oxygen atoms in total. The van der Waals surface area contributed by atoms with E-state index in [0.29, 0.717) is 15.7 Å². The topological polar surface area (TPSA) is 86.8 Å². The molecule has 0 spiro atoms. The van der Waals surface area contributed by atoms with Gasteiger partial charge in [-0.05, 0) is 55.7 Å². The summed E-state index contributed by atoms with van der Waals surface area (Å²) >= 11 is 12.1. The number of rotatable bonds is 10. The van der Waals surface area contributed by atoms with Gasteiger partial charge in [0.25, 0.3) is 0 Å². The molecular weight excluding hydrogens is 485 g/mol. The summed E-state index contributed by atoms with van der Waals surface area (Å²) in [4.78, 5) is 26.8. The first-order chi connectivity index (χ1) is 15.4. The first-order valence-corrected chi connectivity index (χ1v) is 13.0. The smallest absolute Gasteiger partial charge is 0.242 e. The van der Waals surface area contributed by atoms with Gasteiger partial charge in [-0.1, -0.05) is 41.4 Å². The van der Waals surface area contributed by atoms with Crippen molar-refractivity contribution in [2.45, 2.75) is 39.3 Å². The molecule has 0 aromatic heterocycles. The number of likely N-dealkylation sites (N-methyl/N-ethyl adjacent to an activating group) is 1. The van der Waals surface area contributed by atoms with Crippen molar-refractivity contribution in [2.24, 2.45) is 0 Å². The van der Waals surface area contributed by atoms with E-state index in [9.17, 15) is 18.0 Å². The minimum absolute atomic E-state index is 0.0699. The van der Waals surface area contributed by atoms with E-state index in [1.165, 1.54) is 16.3 Å². The van der Waals surface area contributed by atoms with Crippen LogP contribution >= 0.6 is 23.2 Å². The second kappa shape index (κ2) is 11.7. The Bertz CT molecular complexity index is 1110. The first kappa shape index (κ1) is 27.0. The van der Waals surface area contributed by atoms with Crippen LogP contribution < -0.4 is 9.62 Å². The molecule has 1 N–H and O–H groups in total. The molecule has 2 amide bonds. The molecule has 1 unspecified atom stereocenters. The van der Waals surface area contributed by atoms with E-state index in [0.717, 1.165) is 17.4 Å². The molecule has 0 fully saturated rings. The average molecular weight is 514 g/mol. The summed E-state index contributed by atoms with van der Waals surface area (Å²) in [5.74, 6) is -0.573. The fraction of sp³-hybridized carbons (Fsp3) is 0.391. The van der Waals surface area contributed by atoms with Gasteiger partial charge < -0.3 is 10.2 Å². The zero-order chi connectivity index (χ0) is 24.8. The summed E-state index contributed by atoms with van der Waals surface area (Å²) in [6.45, 7) is 3.83. The van der Waals surface area contributed by atoms with Crippen LogP contribution in [0, 0.1) is 6.92 Å². The third kappa shape index (κ3) is 7.62. The molecule has 1 atom stereocenters. The van der Waals surface area contributed by atoms with E-state index in [2.05, 4.69) is 5.32 Å². The Balaban J connectivity index is 2.16. The third-order valence-corrected chi connectivity index (χ3v) is 7.13. The Morgan fingerprint density at radius 3 is 2.36 bits per heavy atom. The molecule has 0 aliphatic rings. The lowest BCUT2D eigenvalue weighted by atomic mass is 10.1. The van der Waals surface area contributed by atoms with E-state index in [1.54, 1.807) is 43.3 Å². The normalized spacial score (nSPS) is 12.2. The summed E-state index contributed by atoms with van der Waals surface area (Å²) in [6, 6.07) is 11.5. The predicted octanol–water partition coefficient (Wildman–Crippen LogP) is 4.01. The number of halogens is 2. The van der Waals surface area contributed by atoms with Gasteiger partial charge in [-0.2, -0.15) is 0 Å². The van der Waals surface area contributed by atoms with Crippen LogP contribution in [0.3, 0.4) is 0 Å². The van der Waals surface area contributed by atoms with Crippen molar-refractivity contribution in [3.63, 3.8) is 0 Å². The van der Waals surface area contributed by atoms with Crippen molar-refractivity contribution in [1.82, 2.24) is 10.2 Å². The minimum atomic E-state index is -3.53. The standard InChI is InChI=1S/C23H29Cl2N3O4S/c1-16-7-5-8-19(13-16)28(33(4,31)32)12-6-9-22(29)27(17(2)23(30)26-3)15-18-10-11-20(24)21(25)14-18/h5,7-8,10-11,13-14,17H,6,9,12,15H2,1-4H3,(H,26,30). The number of amides is 2. The number of hydrogen-bond acceptors (Lipinski definition) is 4. The predicted molar refractivity (Wildman–Crippen MR) is 133 cm³/mol. The molecule has 33 heavy (non-hydrogen) atoms. The Morgan fingerprint density at radius 1 is 1.09 bits per heavy atom. The summed E-state index contributed by atoms with van der Waals surface area (Å²) in [7, 11) is -2.02. The molecule has 0 saturated carbocycles. The number of carbonyl (C=O) groups excluding carboxylic acids is 2. The van der Waals surface area contributed by atoms with Gasteiger partial charge in [0.05, 0.1) is 22.0 Å². The Labute approximate surface area is 205 Å². The van der Waals surface area contributed by atoms with Crippen molar-refractivity contribution in [3.8, 4) is 0 Å². The molecular formula is C23H29Cl2N3O4S. The molecule has 0 radical (unpaired) electrons. The van der Waals surface area contributed by atoms with Crippen LogP contribution in [0.2, 0.25) is 10.0 Å². The van der Waals surface area contributed by atoms with Gasteiger partial charge in [0, 0.05) is 26.6 Å². The lowest BCUT2D eigenvalue weighted by molar-refractivity contribution is -0.140. The van der Waals surface area contributed by atoms with E-state index in [4.69, 9.17) is 23.2 Å². The average Bonchev–Trinajstić information content (AvgIpc) is 2.75. The summed E-state index contributed by atoms with van der Waals surface area (Å²) in [5.41, 5.74) is 2.21. The molecule has 180 valence electrons. The Hall–Kier alpha value is -2.29. The van der Waals surface area contributed by atoms with Crippen LogP contribution in [0.5, 0.6) is 0 Å². The van der Waals surface area contributed by atoms with Crippen molar-refractivity contribution in [1.29, 1.82) is 0 Å². The highest BCUT2D eigenvalue weighted by atomic mass is 35.5. The number of aryl methyl sites for hydroxylation is 1. The van der Waals surface area contributed by atoms with E-state index < -0.39 is 16.1 Å². The quantitative estimate of drug-likeness (QED) is 0.519. The highest BCUT2D eigenvalue weighted by Gasteiger charge is 2.26. The maximum Gasteiger partial charge on any atom is 0.242 e. The summed E-state index contributed by atoms with van der Waals surface area (Å²) in [5, 5.41) is 3.32. The van der Waals surface area contributed by atoms with Crippen molar-refractivity contribution < 1.29 is 18.0 Å². The van der Waals surface area contributed by atoms with Gasteiger partial charge in [-0.25, -0.2) is 8.42 Å². The molecule has 2 rings (SSSR count). The Morgan fingerprint density at radius 2 is 1.79 bits per heavy atom. The van der Waals surface area contributed by atoms with Crippen LogP contribution in [0.15, 0.2) is 42.5 Å². The summed E-state index contributed by atoms with van der Waals surface area (Å²) in [6.07, 6.45) is 1.50. The lowest BCUT2D eigenvalue weighted by Gasteiger charge is -2.29. The van der Waals surface area contributed by atoms with Crippen LogP contribution in [0.25, 0.3) is 0 Å². The van der Waals surface area contributed by atoms with Crippen molar-refractivity contribution in [2.75, 3.05) is 24.2 Å². The SMILES string of the molecule is CNC(=O)C(C)N(Cc1ccc(Cl)c(Cl)c1)C(=O)CCCN(c1cccc(C)c1)S(C)(=O)=O. The van der Waals surface area contributed by atoms with E-state index in [-0.39, 0.29) is 37.7 Å². The molecule has 10 heteroatoms. The van der Waals surface area contributed by atoms with Gasteiger partial charge in [-0.15, -0.1) is 0 Å².